The number of hydrogen-bond donors (Lipinski definition) is 1. The van der Waals surface area contributed by atoms with Gasteiger partial charge in [-0.1, -0.05) is 11.6 Å². The Hall–Kier alpha value is -2.15. The third-order valence-corrected chi connectivity index (χ3v) is 3.91. The highest BCUT2D eigenvalue weighted by molar-refractivity contribution is 5.77. The number of hydrogen-bond acceptors (Lipinski definition) is 5. The SMILES string of the molecule is CC(C)=CCn1c(N2CCNCC2)nc2cnn(C)c(=O)c21. The second kappa shape index (κ2) is 5.92. The number of aromatic nitrogens is 4. The van der Waals surface area contributed by atoms with Gasteiger partial charge in [0.05, 0.1) is 6.20 Å². The van der Waals surface area contributed by atoms with E-state index in [1.54, 1.807) is 13.2 Å². The predicted molar refractivity (Wildman–Crippen MR) is 87.3 cm³/mol. The normalized spacial score (nSPS) is 15.3. The molecule has 1 aliphatic rings. The first-order valence-electron chi connectivity index (χ1n) is 7.59. The average molecular weight is 302 g/mol. The molecule has 1 N–H and O–H groups in total. The summed E-state index contributed by atoms with van der Waals surface area (Å²) in [5.74, 6) is 0.860. The molecule has 0 aliphatic carbocycles. The topological polar surface area (TPSA) is 68.0 Å². The van der Waals surface area contributed by atoms with Crippen molar-refractivity contribution in [3.63, 3.8) is 0 Å². The molecule has 1 fully saturated rings. The van der Waals surface area contributed by atoms with Crippen molar-refractivity contribution in [2.45, 2.75) is 20.4 Å². The number of allylic oxidation sites excluding steroid dienone is 2. The Kier molecular flexibility index (Phi) is 3.98. The fourth-order valence-electron chi connectivity index (χ4n) is 2.67. The summed E-state index contributed by atoms with van der Waals surface area (Å²) in [5.41, 5.74) is 2.41. The molecule has 0 radical (unpaired) electrons. The minimum atomic E-state index is -0.103. The molecule has 0 atom stereocenters. The third kappa shape index (κ3) is 2.64. The first-order chi connectivity index (χ1) is 10.6. The molecule has 2 aromatic rings. The van der Waals surface area contributed by atoms with Gasteiger partial charge in [-0.25, -0.2) is 9.67 Å². The molecule has 118 valence electrons. The second-order valence-electron chi connectivity index (χ2n) is 5.85. The Labute approximate surface area is 129 Å². The van der Waals surface area contributed by atoms with E-state index in [2.05, 4.69) is 40.2 Å². The van der Waals surface area contributed by atoms with Crippen LogP contribution in [0.5, 0.6) is 0 Å². The maximum atomic E-state index is 12.5. The van der Waals surface area contributed by atoms with Gasteiger partial charge in [0, 0.05) is 39.8 Å². The van der Waals surface area contributed by atoms with Gasteiger partial charge in [-0.15, -0.1) is 0 Å². The van der Waals surface area contributed by atoms with Gasteiger partial charge in [-0.2, -0.15) is 5.10 Å². The van der Waals surface area contributed by atoms with E-state index in [9.17, 15) is 4.79 Å². The van der Waals surface area contributed by atoms with E-state index in [0.717, 1.165) is 32.1 Å². The Morgan fingerprint density at radius 1 is 1.36 bits per heavy atom. The molecule has 7 nitrogen and oxygen atoms in total. The molecule has 0 unspecified atom stereocenters. The highest BCUT2D eigenvalue weighted by Gasteiger charge is 2.20. The quantitative estimate of drug-likeness (QED) is 0.837. The van der Waals surface area contributed by atoms with Crippen LogP contribution in [0, 0.1) is 0 Å². The molecule has 2 aromatic heterocycles. The van der Waals surface area contributed by atoms with Gasteiger partial charge in [-0.3, -0.25) is 4.79 Å². The molecular formula is C15H22N6O. The Morgan fingerprint density at radius 2 is 2.09 bits per heavy atom. The lowest BCUT2D eigenvalue weighted by Crippen LogP contribution is -2.44. The van der Waals surface area contributed by atoms with Crippen LogP contribution in [0.3, 0.4) is 0 Å². The summed E-state index contributed by atoms with van der Waals surface area (Å²) < 4.78 is 3.38. The van der Waals surface area contributed by atoms with Crippen LogP contribution in [0.15, 0.2) is 22.6 Å². The molecular weight excluding hydrogens is 280 g/mol. The van der Waals surface area contributed by atoms with E-state index in [1.807, 2.05) is 4.57 Å². The molecule has 22 heavy (non-hydrogen) atoms. The summed E-state index contributed by atoms with van der Waals surface area (Å²) >= 11 is 0. The van der Waals surface area contributed by atoms with Gasteiger partial charge < -0.3 is 14.8 Å². The average Bonchev–Trinajstić information content (AvgIpc) is 2.89. The second-order valence-corrected chi connectivity index (χ2v) is 5.85. The van der Waals surface area contributed by atoms with Gasteiger partial charge in [0.25, 0.3) is 5.56 Å². The van der Waals surface area contributed by atoms with Gasteiger partial charge in [0.2, 0.25) is 5.95 Å². The molecule has 7 heteroatoms. The lowest BCUT2D eigenvalue weighted by molar-refractivity contribution is 0.572. The van der Waals surface area contributed by atoms with Crippen LogP contribution in [0.1, 0.15) is 13.8 Å². The molecule has 1 saturated heterocycles. The van der Waals surface area contributed by atoms with Crippen molar-refractivity contribution in [1.29, 1.82) is 0 Å². The smallest absolute Gasteiger partial charge is 0.292 e. The number of piperazine rings is 1. The van der Waals surface area contributed by atoms with Crippen molar-refractivity contribution < 1.29 is 0 Å². The summed E-state index contributed by atoms with van der Waals surface area (Å²) in [4.78, 5) is 19.4. The number of imidazole rings is 1. The minimum Gasteiger partial charge on any atom is -0.340 e. The molecule has 3 heterocycles. The molecule has 3 rings (SSSR count). The van der Waals surface area contributed by atoms with E-state index in [-0.39, 0.29) is 5.56 Å². The number of nitrogens with one attached hydrogen (secondary N) is 1. The van der Waals surface area contributed by atoms with E-state index >= 15 is 0 Å². The standard InChI is InChI=1S/C15H22N6O/c1-11(2)4-7-21-13-12(10-17-19(3)14(13)22)18-15(21)20-8-5-16-6-9-20/h4,10,16H,5-9H2,1-3H3. The van der Waals surface area contributed by atoms with E-state index < -0.39 is 0 Å². The largest absolute Gasteiger partial charge is 0.340 e. The maximum Gasteiger partial charge on any atom is 0.292 e. The predicted octanol–water partition coefficient (Wildman–Crippen LogP) is 0.506. The lowest BCUT2D eigenvalue weighted by atomic mass is 10.3. The van der Waals surface area contributed by atoms with Crippen molar-refractivity contribution in [1.82, 2.24) is 24.6 Å². The Bertz CT molecular complexity index is 762. The molecule has 0 bridgehead atoms. The van der Waals surface area contributed by atoms with Crippen LogP contribution in [-0.2, 0) is 13.6 Å². The highest BCUT2D eigenvalue weighted by atomic mass is 16.1. The number of rotatable bonds is 3. The molecule has 0 aromatic carbocycles. The minimum absolute atomic E-state index is 0.103. The zero-order chi connectivity index (χ0) is 15.7. The van der Waals surface area contributed by atoms with Crippen molar-refractivity contribution in [2.75, 3.05) is 31.1 Å². The van der Waals surface area contributed by atoms with E-state index in [1.165, 1.54) is 10.3 Å². The van der Waals surface area contributed by atoms with Crippen LogP contribution >= 0.6 is 0 Å². The zero-order valence-electron chi connectivity index (χ0n) is 13.3. The molecule has 0 spiro atoms. The van der Waals surface area contributed by atoms with Crippen molar-refractivity contribution in [2.24, 2.45) is 7.05 Å². The fourth-order valence-corrected chi connectivity index (χ4v) is 2.67. The maximum absolute atomic E-state index is 12.5. The zero-order valence-corrected chi connectivity index (χ0v) is 13.3. The lowest BCUT2D eigenvalue weighted by Gasteiger charge is -2.28. The third-order valence-electron chi connectivity index (χ3n) is 3.91. The number of aryl methyl sites for hydroxylation is 1. The van der Waals surface area contributed by atoms with Crippen molar-refractivity contribution >= 4 is 17.0 Å². The van der Waals surface area contributed by atoms with Crippen LogP contribution < -0.4 is 15.8 Å². The molecule has 0 amide bonds. The summed E-state index contributed by atoms with van der Waals surface area (Å²) in [6.45, 7) is 8.42. The highest BCUT2D eigenvalue weighted by Crippen LogP contribution is 2.20. The van der Waals surface area contributed by atoms with Crippen molar-refractivity contribution in [3.05, 3.63) is 28.2 Å². The molecule has 0 saturated carbocycles. The van der Waals surface area contributed by atoms with Gasteiger partial charge in [0.1, 0.15) is 11.0 Å². The number of nitrogens with zero attached hydrogens (tertiary/aromatic N) is 5. The number of anilines is 1. The fraction of sp³-hybridized carbons (Fsp3) is 0.533. The van der Waals surface area contributed by atoms with E-state index in [4.69, 9.17) is 0 Å². The summed E-state index contributed by atoms with van der Waals surface area (Å²) in [5, 5.41) is 7.42. The Morgan fingerprint density at radius 3 is 2.77 bits per heavy atom. The monoisotopic (exact) mass is 302 g/mol. The first-order valence-corrected chi connectivity index (χ1v) is 7.59. The van der Waals surface area contributed by atoms with Gasteiger partial charge in [-0.05, 0) is 13.8 Å². The van der Waals surface area contributed by atoms with Crippen molar-refractivity contribution in [3.8, 4) is 0 Å². The summed E-state index contributed by atoms with van der Waals surface area (Å²) in [6.07, 6.45) is 3.79. The van der Waals surface area contributed by atoms with Crippen LogP contribution in [-0.4, -0.2) is 45.5 Å². The van der Waals surface area contributed by atoms with Crippen LogP contribution in [0.25, 0.3) is 11.0 Å². The van der Waals surface area contributed by atoms with Crippen LogP contribution in [0.4, 0.5) is 5.95 Å². The summed E-state index contributed by atoms with van der Waals surface area (Å²) in [6, 6.07) is 0. The Balaban J connectivity index is 2.17. The van der Waals surface area contributed by atoms with Gasteiger partial charge >= 0.3 is 0 Å². The number of fused-ring (bicyclic) bond motifs is 1. The summed E-state index contributed by atoms with van der Waals surface area (Å²) in [7, 11) is 1.67. The first kappa shape index (κ1) is 14.8. The molecule has 1 aliphatic heterocycles. The van der Waals surface area contributed by atoms with Crippen LogP contribution in [0.2, 0.25) is 0 Å². The van der Waals surface area contributed by atoms with E-state index in [0.29, 0.717) is 17.6 Å². The van der Waals surface area contributed by atoms with Gasteiger partial charge in [0.15, 0.2) is 0 Å².